The maximum absolute atomic E-state index is 12.9. The second-order valence-corrected chi connectivity index (χ2v) is 6.86. The molecule has 2 aromatic rings. The van der Waals surface area contributed by atoms with Gasteiger partial charge in [0.25, 0.3) is 5.56 Å². The summed E-state index contributed by atoms with van der Waals surface area (Å²) in [7, 11) is 0. The van der Waals surface area contributed by atoms with Crippen LogP contribution < -0.4 is 5.56 Å². The van der Waals surface area contributed by atoms with Crippen molar-refractivity contribution in [1.29, 1.82) is 0 Å². The molecule has 0 aliphatic carbocycles. The van der Waals surface area contributed by atoms with Crippen LogP contribution >= 0.6 is 0 Å². The van der Waals surface area contributed by atoms with Gasteiger partial charge in [-0.3, -0.25) is 9.59 Å². The molecule has 3 rings (SSSR count). The number of aromatic nitrogens is 2. The molecule has 6 heteroatoms. The van der Waals surface area contributed by atoms with E-state index in [-0.39, 0.29) is 24.1 Å². The largest absolute Gasteiger partial charge is 0.464 e. The molecule has 0 N–H and O–H groups in total. The van der Waals surface area contributed by atoms with Gasteiger partial charge in [-0.25, -0.2) is 4.68 Å². The summed E-state index contributed by atoms with van der Waals surface area (Å²) in [4.78, 5) is 26.7. The molecule has 1 amide bonds. The standard InChI is InChI=1S/C19H25N3O3/c1-4-15-6-7-17(25-15)16-11-13(2)9-10-21(16)19(24)12-22-18(23)8-5-14(3)20-22/h5-8,13,16H,4,9-12H2,1-3H3/t13-,16-/m0/s1. The molecule has 0 bridgehead atoms. The van der Waals surface area contributed by atoms with Crippen LogP contribution in [0.15, 0.2) is 33.5 Å². The molecule has 0 radical (unpaired) electrons. The number of aryl methyl sites for hydroxylation is 2. The van der Waals surface area contributed by atoms with Gasteiger partial charge < -0.3 is 9.32 Å². The number of carbonyl (C=O) groups excluding carboxylic acids is 1. The van der Waals surface area contributed by atoms with Gasteiger partial charge in [-0.05, 0) is 43.9 Å². The van der Waals surface area contributed by atoms with E-state index >= 15 is 0 Å². The van der Waals surface area contributed by atoms with Crippen LogP contribution in [0.5, 0.6) is 0 Å². The first-order valence-corrected chi connectivity index (χ1v) is 8.90. The highest BCUT2D eigenvalue weighted by Crippen LogP contribution is 2.35. The number of likely N-dealkylation sites (tertiary alicyclic amines) is 1. The Labute approximate surface area is 147 Å². The molecule has 25 heavy (non-hydrogen) atoms. The third-order valence-electron chi connectivity index (χ3n) is 4.83. The van der Waals surface area contributed by atoms with Crippen LogP contribution in [0.4, 0.5) is 0 Å². The minimum absolute atomic E-state index is 0.0350. The van der Waals surface area contributed by atoms with Gasteiger partial charge in [-0.2, -0.15) is 5.10 Å². The molecule has 134 valence electrons. The summed E-state index contributed by atoms with van der Waals surface area (Å²) < 4.78 is 7.16. The normalized spacial score (nSPS) is 20.7. The van der Waals surface area contributed by atoms with Crippen molar-refractivity contribution in [3.63, 3.8) is 0 Å². The topological polar surface area (TPSA) is 68.3 Å². The van der Waals surface area contributed by atoms with E-state index in [1.807, 2.05) is 24.0 Å². The molecule has 6 nitrogen and oxygen atoms in total. The summed E-state index contributed by atoms with van der Waals surface area (Å²) in [6.07, 6.45) is 2.66. The quantitative estimate of drug-likeness (QED) is 0.856. The summed E-state index contributed by atoms with van der Waals surface area (Å²) in [6.45, 7) is 6.69. The molecule has 1 saturated heterocycles. The Hall–Kier alpha value is -2.37. The Kier molecular flexibility index (Phi) is 5.06. The molecule has 1 aliphatic heterocycles. The number of hydrogen-bond acceptors (Lipinski definition) is 4. The molecule has 3 heterocycles. The predicted octanol–water partition coefficient (Wildman–Crippen LogP) is 2.71. The second kappa shape index (κ2) is 7.25. The summed E-state index contributed by atoms with van der Waals surface area (Å²) in [5.41, 5.74) is 0.460. The SMILES string of the molecule is CCc1ccc([C@@H]2C[C@@H](C)CCN2C(=O)Cn2nc(C)ccc2=O)o1. The maximum Gasteiger partial charge on any atom is 0.267 e. The Morgan fingerprint density at radius 3 is 2.84 bits per heavy atom. The molecule has 1 fully saturated rings. The number of amides is 1. The van der Waals surface area contributed by atoms with Gasteiger partial charge in [0, 0.05) is 19.0 Å². The van der Waals surface area contributed by atoms with Crippen molar-refractivity contribution in [1.82, 2.24) is 14.7 Å². The first-order chi connectivity index (χ1) is 12.0. The first-order valence-electron chi connectivity index (χ1n) is 8.90. The van der Waals surface area contributed by atoms with E-state index in [1.165, 1.54) is 10.7 Å². The van der Waals surface area contributed by atoms with Crippen molar-refractivity contribution in [2.24, 2.45) is 5.92 Å². The number of carbonyl (C=O) groups is 1. The highest BCUT2D eigenvalue weighted by atomic mass is 16.3. The molecular formula is C19H25N3O3. The average Bonchev–Trinajstić information content (AvgIpc) is 3.07. The van der Waals surface area contributed by atoms with Crippen LogP contribution in [-0.4, -0.2) is 27.1 Å². The fourth-order valence-electron chi connectivity index (χ4n) is 3.36. The van der Waals surface area contributed by atoms with Gasteiger partial charge in [0.1, 0.15) is 18.1 Å². The van der Waals surface area contributed by atoms with Crippen molar-refractivity contribution in [3.8, 4) is 0 Å². The lowest BCUT2D eigenvalue weighted by molar-refractivity contribution is -0.137. The van der Waals surface area contributed by atoms with E-state index in [9.17, 15) is 9.59 Å². The fourth-order valence-corrected chi connectivity index (χ4v) is 3.36. The van der Waals surface area contributed by atoms with Crippen molar-refractivity contribution in [2.75, 3.05) is 6.54 Å². The third kappa shape index (κ3) is 3.83. The third-order valence-corrected chi connectivity index (χ3v) is 4.83. The lowest BCUT2D eigenvalue weighted by Gasteiger charge is -2.37. The van der Waals surface area contributed by atoms with E-state index in [0.29, 0.717) is 12.5 Å². The summed E-state index contributed by atoms with van der Waals surface area (Å²) in [6, 6.07) is 6.98. The lowest BCUT2D eigenvalue weighted by atomic mass is 9.91. The van der Waals surface area contributed by atoms with Crippen LogP contribution in [0.2, 0.25) is 0 Å². The molecular weight excluding hydrogens is 318 g/mol. The number of furan rings is 1. The molecule has 0 spiro atoms. The highest BCUT2D eigenvalue weighted by Gasteiger charge is 2.33. The van der Waals surface area contributed by atoms with E-state index in [0.717, 1.165) is 36.5 Å². The van der Waals surface area contributed by atoms with Crippen LogP contribution in [0.1, 0.15) is 49.9 Å². The van der Waals surface area contributed by atoms with Gasteiger partial charge in [-0.1, -0.05) is 13.8 Å². The van der Waals surface area contributed by atoms with Gasteiger partial charge >= 0.3 is 0 Å². The highest BCUT2D eigenvalue weighted by molar-refractivity contribution is 5.76. The van der Waals surface area contributed by atoms with Gasteiger partial charge in [0.05, 0.1) is 11.7 Å². The Balaban J connectivity index is 1.83. The maximum atomic E-state index is 12.9. The molecule has 0 aromatic carbocycles. The first kappa shape index (κ1) is 17.5. The second-order valence-electron chi connectivity index (χ2n) is 6.86. The van der Waals surface area contributed by atoms with Crippen molar-refractivity contribution in [3.05, 3.63) is 51.8 Å². The Morgan fingerprint density at radius 2 is 2.12 bits per heavy atom. The fraction of sp³-hybridized carbons (Fsp3) is 0.526. The van der Waals surface area contributed by atoms with Crippen LogP contribution in [-0.2, 0) is 17.8 Å². The van der Waals surface area contributed by atoms with Crippen LogP contribution in [0.25, 0.3) is 0 Å². The minimum Gasteiger partial charge on any atom is -0.464 e. The van der Waals surface area contributed by atoms with Gasteiger partial charge in [0.2, 0.25) is 5.91 Å². The Bertz CT molecular complexity index is 808. The lowest BCUT2D eigenvalue weighted by Crippen LogP contribution is -2.43. The van der Waals surface area contributed by atoms with Crippen molar-refractivity contribution < 1.29 is 9.21 Å². The summed E-state index contributed by atoms with van der Waals surface area (Å²) >= 11 is 0. The zero-order valence-corrected chi connectivity index (χ0v) is 15.1. The van der Waals surface area contributed by atoms with Crippen molar-refractivity contribution in [2.45, 2.75) is 52.6 Å². The monoisotopic (exact) mass is 343 g/mol. The summed E-state index contributed by atoms with van der Waals surface area (Å²) in [5, 5.41) is 4.17. The molecule has 0 unspecified atom stereocenters. The molecule has 0 saturated carbocycles. The molecule has 2 atom stereocenters. The molecule has 2 aromatic heterocycles. The Morgan fingerprint density at radius 1 is 1.32 bits per heavy atom. The zero-order valence-electron chi connectivity index (χ0n) is 15.1. The van der Waals surface area contributed by atoms with E-state index in [1.54, 1.807) is 13.0 Å². The number of rotatable bonds is 4. The minimum atomic E-state index is -0.257. The van der Waals surface area contributed by atoms with E-state index in [4.69, 9.17) is 4.42 Å². The van der Waals surface area contributed by atoms with E-state index < -0.39 is 0 Å². The predicted molar refractivity (Wildman–Crippen MR) is 94.2 cm³/mol. The smallest absolute Gasteiger partial charge is 0.267 e. The number of hydrogen-bond donors (Lipinski definition) is 0. The van der Waals surface area contributed by atoms with Gasteiger partial charge in [0.15, 0.2) is 0 Å². The zero-order chi connectivity index (χ0) is 18.0. The van der Waals surface area contributed by atoms with Crippen LogP contribution in [0, 0.1) is 12.8 Å². The molecule has 1 aliphatic rings. The van der Waals surface area contributed by atoms with Crippen LogP contribution in [0.3, 0.4) is 0 Å². The van der Waals surface area contributed by atoms with Gasteiger partial charge in [-0.15, -0.1) is 0 Å². The number of nitrogens with zero attached hydrogens (tertiary/aromatic N) is 3. The van der Waals surface area contributed by atoms with E-state index in [2.05, 4.69) is 12.0 Å². The average molecular weight is 343 g/mol. The van der Waals surface area contributed by atoms with Crippen molar-refractivity contribution >= 4 is 5.91 Å². The summed E-state index contributed by atoms with van der Waals surface area (Å²) in [5.74, 6) is 2.20. The number of piperidine rings is 1.